The molecular formula is C12H17FO. The Morgan fingerprint density at radius 2 is 1.86 bits per heavy atom. The van der Waals surface area contributed by atoms with Crippen molar-refractivity contribution in [1.82, 2.24) is 0 Å². The number of aryl methyl sites for hydroxylation is 2. The number of halogens is 1. The topological polar surface area (TPSA) is 20.2 Å². The quantitative estimate of drug-likeness (QED) is 0.771. The first kappa shape index (κ1) is 11.2. The molecule has 1 nitrogen and oxygen atoms in total. The van der Waals surface area contributed by atoms with E-state index in [-0.39, 0.29) is 12.4 Å². The monoisotopic (exact) mass is 196 g/mol. The molecule has 2 heteroatoms. The lowest BCUT2D eigenvalue weighted by Gasteiger charge is -2.24. The Bertz CT molecular complexity index is 342. The summed E-state index contributed by atoms with van der Waals surface area (Å²) in [6.07, 6.45) is 0. The molecule has 0 aliphatic carbocycles. The zero-order valence-corrected chi connectivity index (χ0v) is 9.19. The molecule has 14 heavy (non-hydrogen) atoms. The van der Waals surface area contributed by atoms with Crippen molar-refractivity contribution in [3.8, 4) is 0 Å². The van der Waals surface area contributed by atoms with E-state index in [4.69, 9.17) is 0 Å². The first-order valence-corrected chi connectivity index (χ1v) is 4.76. The average Bonchev–Trinajstić information content (AvgIpc) is 2.11. The van der Waals surface area contributed by atoms with E-state index in [0.29, 0.717) is 11.1 Å². The fraction of sp³-hybridized carbons (Fsp3) is 0.500. The van der Waals surface area contributed by atoms with Gasteiger partial charge in [0.25, 0.3) is 0 Å². The minimum atomic E-state index is -0.513. The number of rotatable bonds is 2. The van der Waals surface area contributed by atoms with Gasteiger partial charge in [0, 0.05) is 5.41 Å². The largest absolute Gasteiger partial charge is 0.395 e. The van der Waals surface area contributed by atoms with Gasteiger partial charge < -0.3 is 5.11 Å². The van der Waals surface area contributed by atoms with Crippen molar-refractivity contribution >= 4 is 0 Å². The lowest BCUT2D eigenvalue weighted by molar-refractivity contribution is 0.215. The molecule has 0 heterocycles. The van der Waals surface area contributed by atoms with Gasteiger partial charge in [0.05, 0.1) is 6.61 Å². The van der Waals surface area contributed by atoms with Crippen molar-refractivity contribution in [2.75, 3.05) is 6.61 Å². The van der Waals surface area contributed by atoms with Gasteiger partial charge in [-0.2, -0.15) is 0 Å². The Labute approximate surface area is 84.6 Å². The van der Waals surface area contributed by atoms with Crippen LogP contribution in [0.15, 0.2) is 12.1 Å². The molecule has 0 atom stereocenters. The SMILES string of the molecule is Cc1cc(C)c(F)c(C(C)(C)CO)c1. The zero-order chi connectivity index (χ0) is 10.9. The Hall–Kier alpha value is -0.890. The minimum absolute atomic E-state index is 0.0488. The summed E-state index contributed by atoms with van der Waals surface area (Å²) in [6.45, 7) is 7.31. The van der Waals surface area contributed by atoms with Crippen LogP contribution in [0.4, 0.5) is 4.39 Å². The Kier molecular flexibility index (Phi) is 2.95. The maximum absolute atomic E-state index is 13.8. The van der Waals surface area contributed by atoms with Crippen LogP contribution in [0.1, 0.15) is 30.5 Å². The normalized spacial score (nSPS) is 11.9. The summed E-state index contributed by atoms with van der Waals surface area (Å²) in [5, 5.41) is 9.19. The fourth-order valence-electron chi connectivity index (χ4n) is 1.53. The number of hydrogen-bond donors (Lipinski definition) is 1. The lowest BCUT2D eigenvalue weighted by atomic mass is 9.83. The molecule has 0 amide bonds. The van der Waals surface area contributed by atoms with Gasteiger partial charge in [0.1, 0.15) is 5.82 Å². The minimum Gasteiger partial charge on any atom is -0.395 e. The molecule has 1 aromatic carbocycles. The molecule has 0 aliphatic heterocycles. The summed E-state index contributed by atoms with van der Waals surface area (Å²) >= 11 is 0. The molecular weight excluding hydrogens is 179 g/mol. The molecule has 0 aliphatic rings. The van der Waals surface area contributed by atoms with Gasteiger partial charge in [-0.05, 0) is 25.0 Å². The molecule has 0 bridgehead atoms. The van der Waals surface area contributed by atoms with Crippen LogP contribution >= 0.6 is 0 Å². The molecule has 1 N–H and O–H groups in total. The van der Waals surface area contributed by atoms with Crippen molar-refractivity contribution in [2.45, 2.75) is 33.1 Å². The van der Waals surface area contributed by atoms with Gasteiger partial charge in [-0.25, -0.2) is 4.39 Å². The summed E-state index contributed by atoms with van der Waals surface area (Å²) in [4.78, 5) is 0. The third kappa shape index (κ3) is 1.95. The number of aliphatic hydroxyl groups excluding tert-OH is 1. The first-order valence-electron chi connectivity index (χ1n) is 4.76. The smallest absolute Gasteiger partial charge is 0.129 e. The highest BCUT2D eigenvalue weighted by molar-refractivity contribution is 5.35. The lowest BCUT2D eigenvalue weighted by Crippen LogP contribution is -2.24. The Morgan fingerprint density at radius 1 is 1.29 bits per heavy atom. The summed E-state index contributed by atoms with van der Waals surface area (Å²) in [5.74, 6) is -0.199. The van der Waals surface area contributed by atoms with E-state index in [2.05, 4.69) is 0 Å². The van der Waals surface area contributed by atoms with Gasteiger partial charge in [0.15, 0.2) is 0 Å². The van der Waals surface area contributed by atoms with Crippen LogP contribution in [-0.4, -0.2) is 11.7 Å². The third-order valence-electron chi connectivity index (χ3n) is 2.52. The molecule has 0 spiro atoms. The highest BCUT2D eigenvalue weighted by Gasteiger charge is 2.24. The Balaban J connectivity index is 3.34. The Morgan fingerprint density at radius 3 is 2.36 bits per heavy atom. The van der Waals surface area contributed by atoms with Crippen LogP contribution in [0.5, 0.6) is 0 Å². The van der Waals surface area contributed by atoms with E-state index in [1.807, 2.05) is 26.8 Å². The highest BCUT2D eigenvalue weighted by atomic mass is 19.1. The maximum atomic E-state index is 13.8. The van der Waals surface area contributed by atoms with E-state index < -0.39 is 5.41 Å². The molecule has 0 unspecified atom stereocenters. The molecule has 0 radical (unpaired) electrons. The van der Waals surface area contributed by atoms with Crippen molar-refractivity contribution in [2.24, 2.45) is 0 Å². The number of aliphatic hydroxyl groups is 1. The van der Waals surface area contributed by atoms with Crippen LogP contribution in [0.3, 0.4) is 0 Å². The molecule has 1 rings (SSSR count). The summed E-state index contributed by atoms with van der Waals surface area (Å²) < 4.78 is 13.8. The summed E-state index contributed by atoms with van der Waals surface area (Å²) in [6, 6.07) is 3.62. The molecule has 0 aromatic heterocycles. The zero-order valence-electron chi connectivity index (χ0n) is 9.19. The van der Waals surface area contributed by atoms with Gasteiger partial charge >= 0.3 is 0 Å². The molecule has 0 fully saturated rings. The van der Waals surface area contributed by atoms with Gasteiger partial charge in [0.2, 0.25) is 0 Å². The molecule has 78 valence electrons. The second-order valence-electron chi connectivity index (χ2n) is 4.49. The standard InChI is InChI=1S/C12H17FO/c1-8-5-9(2)11(13)10(6-8)12(3,4)7-14/h5-6,14H,7H2,1-4H3. The van der Waals surface area contributed by atoms with Gasteiger partial charge in [-0.1, -0.05) is 31.5 Å². The molecule has 0 saturated carbocycles. The van der Waals surface area contributed by atoms with Crippen LogP contribution in [0, 0.1) is 19.7 Å². The van der Waals surface area contributed by atoms with E-state index in [1.54, 1.807) is 13.0 Å². The van der Waals surface area contributed by atoms with E-state index >= 15 is 0 Å². The summed E-state index contributed by atoms with van der Waals surface area (Å²) in [7, 11) is 0. The number of benzene rings is 1. The van der Waals surface area contributed by atoms with E-state index in [1.165, 1.54) is 0 Å². The second kappa shape index (κ2) is 3.70. The average molecular weight is 196 g/mol. The predicted octanol–water partition coefficient (Wildman–Crippen LogP) is 2.71. The predicted molar refractivity (Wildman–Crippen MR) is 56.0 cm³/mol. The van der Waals surface area contributed by atoms with Crippen LogP contribution in [0.2, 0.25) is 0 Å². The molecule has 1 aromatic rings. The maximum Gasteiger partial charge on any atom is 0.129 e. The van der Waals surface area contributed by atoms with Crippen LogP contribution in [0.25, 0.3) is 0 Å². The van der Waals surface area contributed by atoms with E-state index in [0.717, 1.165) is 5.56 Å². The first-order chi connectivity index (χ1) is 6.38. The third-order valence-corrected chi connectivity index (χ3v) is 2.52. The van der Waals surface area contributed by atoms with Crippen molar-refractivity contribution in [3.63, 3.8) is 0 Å². The van der Waals surface area contributed by atoms with Crippen LogP contribution < -0.4 is 0 Å². The van der Waals surface area contributed by atoms with Crippen molar-refractivity contribution in [3.05, 3.63) is 34.6 Å². The summed E-state index contributed by atoms with van der Waals surface area (Å²) in [5.41, 5.74) is 1.75. The van der Waals surface area contributed by atoms with E-state index in [9.17, 15) is 9.50 Å². The number of hydrogen-bond acceptors (Lipinski definition) is 1. The van der Waals surface area contributed by atoms with Gasteiger partial charge in [-0.15, -0.1) is 0 Å². The highest BCUT2D eigenvalue weighted by Crippen LogP contribution is 2.27. The second-order valence-corrected chi connectivity index (χ2v) is 4.49. The molecule has 0 saturated heterocycles. The van der Waals surface area contributed by atoms with Crippen LogP contribution in [-0.2, 0) is 5.41 Å². The van der Waals surface area contributed by atoms with Gasteiger partial charge in [-0.3, -0.25) is 0 Å². The van der Waals surface area contributed by atoms with Crippen molar-refractivity contribution < 1.29 is 9.50 Å². The fourth-order valence-corrected chi connectivity index (χ4v) is 1.53. The van der Waals surface area contributed by atoms with Crippen molar-refractivity contribution in [1.29, 1.82) is 0 Å².